The second kappa shape index (κ2) is 7.28. The van der Waals surface area contributed by atoms with Gasteiger partial charge in [0.1, 0.15) is 5.54 Å². The maximum Gasteiger partial charge on any atom is 0.330 e. The summed E-state index contributed by atoms with van der Waals surface area (Å²) in [5.74, 6) is -0.224. The molecule has 1 saturated carbocycles. The fraction of sp³-hybridized carbons (Fsp3) is 0.588. The summed E-state index contributed by atoms with van der Waals surface area (Å²) in [6.07, 6.45) is 6.62. The molecule has 0 spiro atoms. The molecule has 2 rings (SSSR count). The zero-order chi connectivity index (χ0) is 15.3. The predicted octanol–water partition coefficient (Wildman–Crippen LogP) is 4.04. The molecule has 0 saturated heterocycles. The van der Waals surface area contributed by atoms with Gasteiger partial charge in [-0.2, -0.15) is 0 Å². The molecular formula is C17H24ClNO2. The molecule has 1 fully saturated rings. The van der Waals surface area contributed by atoms with Crippen molar-refractivity contribution in [1.82, 2.24) is 5.32 Å². The third-order valence-electron chi connectivity index (χ3n) is 4.46. The molecule has 21 heavy (non-hydrogen) atoms. The van der Waals surface area contributed by atoms with Crippen LogP contribution in [-0.2, 0) is 15.1 Å². The first kappa shape index (κ1) is 16.3. The van der Waals surface area contributed by atoms with E-state index in [1.165, 1.54) is 26.4 Å². The van der Waals surface area contributed by atoms with Crippen LogP contribution >= 0.6 is 11.6 Å². The topological polar surface area (TPSA) is 38.3 Å². The monoisotopic (exact) mass is 309 g/mol. The van der Waals surface area contributed by atoms with Crippen LogP contribution in [0.15, 0.2) is 24.3 Å². The van der Waals surface area contributed by atoms with Crippen LogP contribution < -0.4 is 5.32 Å². The molecule has 1 atom stereocenters. The van der Waals surface area contributed by atoms with Gasteiger partial charge in [0.25, 0.3) is 0 Å². The van der Waals surface area contributed by atoms with Crippen molar-refractivity contribution in [2.75, 3.05) is 7.11 Å². The number of hydrogen-bond acceptors (Lipinski definition) is 3. The van der Waals surface area contributed by atoms with E-state index < -0.39 is 5.54 Å². The first-order valence-electron chi connectivity index (χ1n) is 7.74. The number of carbonyl (C=O) groups is 1. The number of carbonyl (C=O) groups excluding carboxylic acids is 1. The van der Waals surface area contributed by atoms with Crippen molar-refractivity contribution in [2.45, 2.75) is 57.0 Å². The zero-order valence-corrected chi connectivity index (χ0v) is 13.6. The Balaban J connectivity index is 2.32. The summed E-state index contributed by atoms with van der Waals surface area (Å²) in [6, 6.07) is 7.85. The van der Waals surface area contributed by atoms with Crippen LogP contribution in [0, 0.1) is 0 Å². The molecule has 116 valence electrons. The lowest BCUT2D eigenvalue weighted by atomic mass is 9.84. The average Bonchev–Trinajstić information content (AvgIpc) is 2.54. The molecule has 4 heteroatoms. The minimum Gasteiger partial charge on any atom is -0.467 e. The van der Waals surface area contributed by atoms with E-state index in [-0.39, 0.29) is 5.97 Å². The summed E-state index contributed by atoms with van der Waals surface area (Å²) in [5.41, 5.74) is 0.147. The van der Waals surface area contributed by atoms with Crippen LogP contribution in [-0.4, -0.2) is 19.1 Å². The standard InChI is InChI=1S/C17H24ClNO2/c1-3-17(16(20)21-2,13-9-11-14(18)12-10-13)19-15-7-5-4-6-8-15/h9-12,15,19H,3-8H2,1-2H3. The van der Waals surface area contributed by atoms with Crippen LogP contribution in [0.3, 0.4) is 0 Å². The summed E-state index contributed by atoms with van der Waals surface area (Å²) in [6.45, 7) is 2.02. The minimum absolute atomic E-state index is 0.224. The van der Waals surface area contributed by atoms with Gasteiger partial charge in [0.2, 0.25) is 0 Å². The summed E-state index contributed by atoms with van der Waals surface area (Å²) in [4.78, 5) is 12.5. The third kappa shape index (κ3) is 3.58. The van der Waals surface area contributed by atoms with E-state index in [4.69, 9.17) is 16.3 Å². The summed E-state index contributed by atoms with van der Waals surface area (Å²) >= 11 is 5.97. The Kier molecular flexibility index (Phi) is 5.65. The van der Waals surface area contributed by atoms with E-state index in [1.54, 1.807) is 0 Å². The molecule has 1 N–H and O–H groups in total. The van der Waals surface area contributed by atoms with Gasteiger partial charge in [-0.25, -0.2) is 4.79 Å². The van der Waals surface area contributed by atoms with Crippen molar-refractivity contribution in [3.8, 4) is 0 Å². The predicted molar refractivity (Wildman–Crippen MR) is 85.4 cm³/mol. The van der Waals surface area contributed by atoms with E-state index in [0.717, 1.165) is 18.4 Å². The third-order valence-corrected chi connectivity index (χ3v) is 4.71. The van der Waals surface area contributed by atoms with Crippen LogP contribution in [0.4, 0.5) is 0 Å². The van der Waals surface area contributed by atoms with E-state index in [1.807, 2.05) is 31.2 Å². The molecule has 1 aliphatic carbocycles. The van der Waals surface area contributed by atoms with Gasteiger partial charge in [-0.1, -0.05) is 49.9 Å². The van der Waals surface area contributed by atoms with E-state index in [0.29, 0.717) is 17.5 Å². The lowest BCUT2D eigenvalue weighted by molar-refractivity contribution is -0.150. The molecule has 3 nitrogen and oxygen atoms in total. The SMILES string of the molecule is CCC(NC1CCCCC1)(C(=O)OC)c1ccc(Cl)cc1. The largest absolute Gasteiger partial charge is 0.467 e. The van der Waals surface area contributed by atoms with Crippen molar-refractivity contribution in [1.29, 1.82) is 0 Å². The van der Waals surface area contributed by atoms with Gasteiger partial charge in [-0.15, -0.1) is 0 Å². The molecule has 0 radical (unpaired) electrons. The second-order valence-electron chi connectivity index (χ2n) is 5.74. The summed E-state index contributed by atoms with van der Waals surface area (Å²) in [5, 5.41) is 4.26. The fourth-order valence-corrected chi connectivity index (χ4v) is 3.34. The van der Waals surface area contributed by atoms with Crippen molar-refractivity contribution in [3.05, 3.63) is 34.9 Å². The van der Waals surface area contributed by atoms with Gasteiger partial charge < -0.3 is 4.74 Å². The number of methoxy groups -OCH3 is 1. The van der Waals surface area contributed by atoms with Gasteiger partial charge in [-0.3, -0.25) is 5.32 Å². The van der Waals surface area contributed by atoms with Crippen LogP contribution in [0.25, 0.3) is 0 Å². The first-order chi connectivity index (χ1) is 10.1. The highest BCUT2D eigenvalue weighted by Gasteiger charge is 2.41. The van der Waals surface area contributed by atoms with Crippen molar-refractivity contribution >= 4 is 17.6 Å². The van der Waals surface area contributed by atoms with Crippen molar-refractivity contribution in [2.24, 2.45) is 0 Å². The number of esters is 1. The Bertz CT molecular complexity index is 468. The average molecular weight is 310 g/mol. The second-order valence-corrected chi connectivity index (χ2v) is 6.17. The molecule has 1 aromatic rings. The number of rotatable bonds is 5. The fourth-order valence-electron chi connectivity index (χ4n) is 3.21. The maximum absolute atomic E-state index is 12.5. The van der Waals surface area contributed by atoms with Gasteiger partial charge in [-0.05, 0) is 37.0 Å². The normalized spacial score (nSPS) is 19.0. The zero-order valence-electron chi connectivity index (χ0n) is 12.8. The molecule has 0 amide bonds. The van der Waals surface area contributed by atoms with Gasteiger partial charge in [0.15, 0.2) is 0 Å². The van der Waals surface area contributed by atoms with Crippen LogP contribution in [0.2, 0.25) is 5.02 Å². The number of halogens is 1. The van der Waals surface area contributed by atoms with Gasteiger partial charge in [0.05, 0.1) is 7.11 Å². The van der Waals surface area contributed by atoms with Gasteiger partial charge >= 0.3 is 5.97 Å². The van der Waals surface area contributed by atoms with Crippen molar-refractivity contribution in [3.63, 3.8) is 0 Å². The Morgan fingerprint density at radius 1 is 1.29 bits per heavy atom. The van der Waals surface area contributed by atoms with Crippen molar-refractivity contribution < 1.29 is 9.53 Å². The number of hydrogen-bond donors (Lipinski definition) is 1. The molecule has 0 aromatic heterocycles. The Hall–Kier alpha value is -1.06. The smallest absolute Gasteiger partial charge is 0.330 e. The van der Waals surface area contributed by atoms with Crippen LogP contribution in [0.1, 0.15) is 51.0 Å². The Morgan fingerprint density at radius 2 is 1.90 bits per heavy atom. The van der Waals surface area contributed by atoms with E-state index >= 15 is 0 Å². The molecule has 0 aliphatic heterocycles. The Morgan fingerprint density at radius 3 is 2.43 bits per heavy atom. The van der Waals surface area contributed by atoms with E-state index in [2.05, 4.69) is 5.32 Å². The number of benzene rings is 1. The highest BCUT2D eigenvalue weighted by molar-refractivity contribution is 6.30. The van der Waals surface area contributed by atoms with E-state index in [9.17, 15) is 4.79 Å². The lowest BCUT2D eigenvalue weighted by Gasteiger charge is -2.37. The minimum atomic E-state index is -0.776. The lowest BCUT2D eigenvalue weighted by Crippen LogP contribution is -2.54. The summed E-state index contributed by atoms with van der Waals surface area (Å²) < 4.78 is 5.10. The maximum atomic E-state index is 12.5. The molecule has 1 unspecified atom stereocenters. The highest BCUT2D eigenvalue weighted by atomic mass is 35.5. The molecule has 1 aliphatic rings. The molecule has 1 aromatic carbocycles. The molecular weight excluding hydrogens is 286 g/mol. The summed E-state index contributed by atoms with van der Waals surface area (Å²) in [7, 11) is 1.45. The van der Waals surface area contributed by atoms with Crippen LogP contribution in [0.5, 0.6) is 0 Å². The van der Waals surface area contributed by atoms with Gasteiger partial charge in [0, 0.05) is 11.1 Å². The first-order valence-corrected chi connectivity index (χ1v) is 8.12. The highest BCUT2D eigenvalue weighted by Crippen LogP contribution is 2.31. The number of nitrogens with one attached hydrogen (secondary N) is 1. The quantitative estimate of drug-likeness (QED) is 0.834. The number of ether oxygens (including phenoxy) is 1. The Labute approximate surface area is 132 Å². The molecule has 0 bridgehead atoms. The molecule has 0 heterocycles.